The van der Waals surface area contributed by atoms with Crippen molar-refractivity contribution in [2.75, 3.05) is 7.11 Å². The third-order valence-electron chi connectivity index (χ3n) is 2.56. The highest BCUT2D eigenvalue weighted by Gasteiger charge is 2.23. The number of carbonyl (C=O) groups is 2. The molecule has 0 saturated carbocycles. The molecule has 0 bridgehead atoms. The summed E-state index contributed by atoms with van der Waals surface area (Å²) in [7, 11) is 1.31. The van der Waals surface area contributed by atoms with Gasteiger partial charge in [0, 0.05) is 0 Å². The van der Waals surface area contributed by atoms with Crippen LogP contribution >= 0.6 is 11.8 Å². The highest BCUT2D eigenvalue weighted by molar-refractivity contribution is 8.00. The summed E-state index contributed by atoms with van der Waals surface area (Å²) in [6.07, 6.45) is 0. The molecule has 0 radical (unpaired) electrons. The van der Waals surface area contributed by atoms with Crippen LogP contribution in [-0.2, 0) is 9.53 Å². The van der Waals surface area contributed by atoms with Gasteiger partial charge in [0.05, 0.1) is 23.4 Å². The van der Waals surface area contributed by atoms with E-state index in [-0.39, 0.29) is 5.92 Å². The van der Waals surface area contributed by atoms with E-state index in [1.54, 1.807) is 19.1 Å². The molecule has 1 rings (SSSR count). The third-order valence-corrected chi connectivity index (χ3v) is 4.03. The Morgan fingerprint density at radius 1 is 1.37 bits per heavy atom. The van der Waals surface area contributed by atoms with Crippen LogP contribution in [0.15, 0.2) is 17.2 Å². The molecule has 0 fully saturated rings. The Morgan fingerprint density at radius 2 is 2.00 bits per heavy atom. The van der Waals surface area contributed by atoms with E-state index in [0.29, 0.717) is 16.3 Å². The number of carboxylic acids is 1. The van der Waals surface area contributed by atoms with Gasteiger partial charge in [-0.2, -0.15) is 0 Å². The zero-order valence-electron chi connectivity index (χ0n) is 11.3. The molecule has 0 aliphatic heterocycles. The van der Waals surface area contributed by atoms with Gasteiger partial charge in [-0.25, -0.2) is 9.78 Å². The van der Waals surface area contributed by atoms with Crippen molar-refractivity contribution >= 4 is 23.7 Å². The van der Waals surface area contributed by atoms with Crippen LogP contribution < -0.4 is 0 Å². The van der Waals surface area contributed by atoms with E-state index in [9.17, 15) is 9.59 Å². The van der Waals surface area contributed by atoms with Crippen LogP contribution in [0.2, 0.25) is 0 Å². The smallest absolute Gasteiger partial charge is 0.339 e. The second kappa shape index (κ2) is 6.56. The number of pyridine rings is 1. The van der Waals surface area contributed by atoms with Crippen molar-refractivity contribution in [2.45, 2.75) is 31.0 Å². The second-order valence-electron chi connectivity index (χ2n) is 4.39. The van der Waals surface area contributed by atoms with Crippen molar-refractivity contribution in [2.24, 2.45) is 5.92 Å². The Hall–Kier alpha value is -1.56. The standard InChI is InChI=1S/C13H17NO4S/c1-7(2)11(12(15)16)19-10-6-5-9(8(3)14-10)13(17)18-4/h5-7,11H,1-4H3,(H,15,16). The van der Waals surface area contributed by atoms with Gasteiger partial charge >= 0.3 is 11.9 Å². The van der Waals surface area contributed by atoms with Gasteiger partial charge in [0.15, 0.2) is 0 Å². The molecule has 1 unspecified atom stereocenters. The molecule has 0 aliphatic carbocycles. The van der Waals surface area contributed by atoms with Crippen LogP contribution in [0.5, 0.6) is 0 Å². The molecule has 1 aromatic heterocycles. The summed E-state index contributed by atoms with van der Waals surface area (Å²) in [6, 6.07) is 3.25. The van der Waals surface area contributed by atoms with Crippen molar-refractivity contribution in [1.82, 2.24) is 4.98 Å². The topological polar surface area (TPSA) is 76.5 Å². The third kappa shape index (κ3) is 3.96. The normalized spacial score (nSPS) is 12.3. The summed E-state index contributed by atoms with van der Waals surface area (Å²) in [5.74, 6) is -1.32. The maximum atomic E-state index is 11.4. The number of thioether (sulfide) groups is 1. The first-order chi connectivity index (χ1) is 8.86. The number of carboxylic acid groups (broad SMARTS) is 1. The maximum absolute atomic E-state index is 11.4. The van der Waals surface area contributed by atoms with E-state index in [2.05, 4.69) is 9.72 Å². The molecule has 0 aromatic carbocycles. The molecular formula is C13H17NO4S. The highest BCUT2D eigenvalue weighted by atomic mass is 32.2. The summed E-state index contributed by atoms with van der Waals surface area (Å²) in [6.45, 7) is 5.39. The van der Waals surface area contributed by atoms with Crippen molar-refractivity contribution in [3.63, 3.8) is 0 Å². The fourth-order valence-electron chi connectivity index (χ4n) is 1.53. The first-order valence-electron chi connectivity index (χ1n) is 5.82. The van der Waals surface area contributed by atoms with Crippen LogP contribution in [0.3, 0.4) is 0 Å². The molecule has 0 spiro atoms. The molecule has 0 saturated heterocycles. The number of hydrogen-bond donors (Lipinski definition) is 1. The number of methoxy groups -OCH3 is 1. The first-order valence-corrected chi connectivity index (χ1v) is 6.70. The number of nitrogens with zero attached hydrogens (tertiary/aromatic N) is 1. The summed E-state index contributed by atoms with van der Waals surface area (Å²) in [5, 5.41) is 9.16. The van der Waals surface area contributed by atoms with E-state index in [4.69, 9.17) is 5.11 Å². The fraction of sp³-hybridized carbons (Fsp3) is 0.462. The number of aliphatic carboxylic acids is 1. The molecule has 1 aromatic rings. The number of hydrogen-bond acceptors (Lipinski definition) is 5. The largest absolute Gasteiger partial charge is 0.480 e. The van der Waals surface area contributed by atoms with Gasteiger partial charge in [-0.05, 0) is 25.0 Å². The lowest BCUT2D eigenvalue weighted by Gasteiger charge is -2.15. The monoisotopic (exact) mass is 283 g/mol. The van der Waals surface area contributed by atoms with Crippen molar-refractivity contribution in [3.8, 4) is 0 Å². The van der Waals surface area contributed by atoms with E-state index in [1.165, 1.54) is 18.9 Å². The summed E-state index contributed by atoms with van der Waals surface area (Å²) in [4.78, 5) is 26.8. The maximum Gasteiger partial charge on any atom is 0.339 e. The fourth-order valence-corrected chi connectivity index (χ4v) is 2.50. The number of ether oxygens (including phenoxy) is 1. The predicted octanol–water partition coefficient (Wildman–Crippen LogP) is 2.38. The minimum atomic E-state index is -0.864. The second-order valence-corrected chi connectivity index (χ2v) is 5.56. The number of carbonyl (C=O) groups excluding carboxylic acids is 1. The van der Waals surface area contributed by atoms with Gasteiger partial charge < -0.3 is 9.84 Å². The molecule has 6 heteroatoms. The molecule has 5 nitrogen and oxygen atoms in total. The van der Waals surface area contributed by atoms with Crippen molar-refractivity contribution < 1.29 is 19.4 Å². The zero-order chi connectivity index (χ0) is 14.6. The van der Waals surface area contributed by atoms with E-state index >= 15 is 0 Å². The Balaban J connectivity index is 2.95. The molecule has 19 heavy (non-hydrogen) atoms. The van der Waals surface area contributed by atoms with Gasteiger partial charge in [0.2, 0.25) is 0 Å². The van der Waals surface area contributed by atoms with E-state index < -0.39 is 17.2 Å². The van der Waals surface area contributed by atoms with Crippen LogP contribution in [0, 0.1) is 12.8 Å². The molecule has 0 amide bonds. The molecule has 1 atom stereocenters. The Bertz CT molecular complexity index is 488. The number of aromatic nitrogens is 1. The Kier molecular flexibility index (Phi) is 5.35. The molecule has 104 valence electrons. The lowest BCUT2D eigenvalue weighted by molar-refractivity contribution is -0.137. The SMILES string of the molecule is COC(=O)c1ccc(SC(C(=O)O)C(C)C)nc1C. The van der Waals surface area contributed by atoms with E-state index in [0.717, 1.165) is 0 Å². The van der Waals surface area contributed by atoms with E-state index in [1.807, 2.05) is 13.8 Å². The molecular weight excluding hydrogens is 266 g/mol. The minimum Gasteiger partial charge on any atom is -0.480 e. The molecule has 1 N–H and O–H groups in total. The number of aryl methyl sites for hydroxylation is 1. The van der Waals surface area contributed by atoms with Crippen molar-refractivity contribution in [1.29, 1.82) is 0 Å². The lowest BCUT2D eigenvalue weighted by Crippen LogP contribution is -2.22. The molecule has 1 heterocycles. The van der Waals surface area contributed by atoms with Crippen LogP contribution in [0.4, 0.5) is 0 Å². The van der Waals surface area contributed by atoms with Gasteiger partial charge in [-0.15, -0.1) is 0 Å². The Morgan fingerprint density at radius 3 is 2.42 bits per heavy atom. The van der Waals surface area contributed by atoms with Gasteiger partial charge in [-0.1, -0.05) is 25.6 Å². The highest BCUT2D eigenvalue weighted by Crippen LogP contribution is 2.27. The first kappa shape index (κ1) is 15.5. The zero-order valence-corrected chi connectivity index (χ0v) is 12.2. The summed E-state index contributed by atoms with van der Waals surface area (Å²) >= 11 is 1.18. The summed E-state index contributed by atoms with van der Waals surface area (Å²) < 4.78 is 4.63. The minimum absolute atomic E-state index is 0.00936. The van der Waals surface area contributed by atoms with Crippen molar-refractivity contribution in [3.05, 3.63) is 23.4 Å². The summed E-state index contributed by atoms with van der Waals surface area (Å²) in [5.41, 5.74) is 0.924. The van der Waals surface area contributed by atoms with Gasteiger partial charge in [0.1, 0.15) is 5.25 Å². The van der Waals surface area contributed by atoms with Crippen LogP contribution in [0.25, 0.3) is 0 Å². The van der Waals surface area contributed by atoms with Crippen LogP contribution in [-0.4, -0.2) is 34.4 Å². The quantitative estimate of drug-likeness (QED) is 0.660. The average molecular weight is 283 g/mol. The number of esters is 1. The average Bonchev–Trinajstić information content (AvgIpc) is 2.34. The lowest BCUT2D eigenvalue weighted by atomic mass is 10.1. The Labute approximate surface area is 116 Å². The number of rotatable bonds is 5. The predicted molar refractivity (Wildman–Crippen MR) is 72.4 cm³/mol. The van der Waals surface area contributed by atoms with Crippen LogP contribution in [0.1, 0.15) is 29.9 Å². The van der Waals surface area contributed by atoms with Gasteiger partial charge in [-0.3, -0.25) is 4.79 Å². The molecule has 0 aliphatic rings. The van der Waals surface area contributed by atoms with Gasteiger partial charge in [0.25, 0.3) is 0 Å².